The molecule has 8 nitrogen and oxygen atoms in total. The lowest BCUT2D eigenvalue weighted by molar-refractivity contribution is -0.124. The van der Waals surface area contributed by atoms with Crippen LogP contribution in [0.2, 0.25) is 0 Å². The number of benzene rings is 1. The minimum absolute atomic E-state index is 0.0752. The molecule has 0 aliphatic heterocycles. The van der Waals surface area contributed by atoms with Crippen molar-refractivity contribution in [2.24, 2.45) is 0 Å². The summed E-state index contributed by atoms with van der Waals surface area (Å²) in [6, 6.07) is 7.34. The molecule has 1 saturated carbocycles. The highest BCUT2D eigenvalue weighted by atomic mass is 32.1. The molecule has 2 N–H and O–H groups in total. The van der Waals surface area contributed by atoms with Crippen molar-refractivity contribution in [2.45, 2.75) is 64.3 Å². The number of fused-ring (bicyclic) bond motifs is 1. The smallest absolute Gasteiger partial charge is 0.345 e. The predicted octanol–water partition coefficient (Wildman–Crippen LogP) is 4.87. The Morgan fingerprint density at radius 1 is 1.15 bits per heavy atom. The zero-order valence-electron chi connectivity index (χ0n) is 19.2. The van der Waals surface area contributed by atoms with Crippen molar-refractivity contribution in [2.75, 3.05) is 11.9 Å². The fourth-order valence-electron chi connectivity index (χ4n) is 4.15. The van der Waals surface area contributed by atoms with E-state index in [2.05, 4.69) is 15.6 Å². The maximum absolute atomic E-state index is 12.6. The minimum atomic E-state index is -0.530. The van der Waals surface area contributed by atoms with Gasteiger partial charge in [0, 0.05) is 29.6 Å². The highest BCUT2D eigenvalue weighted by Gasteiger charge is 2.17. The van der Waals surface area contributed by atoms with Gasteiger partial charge in [0.15, 0.2) is 16.5 Å². The third-order valence-corrected chi connectivity index (χ3v) is 6.61. The van der Waals surface area contributed by atoms with E-state index in [0.29, 0.717) is 34.3 Å². The fourth-order valence-corrected chi connectivity index (χ4v) is 4.88. The number of amides is 2. The van der Waals surface area contributed by atoms with Crippen LogP contribution in [-0.4, -0.2) is 29.4 Å². The Kier molecular flexibility index (Phi) is 7.95. The van der Waals surface area contributed by atoms with Crippen LogP contribution in [-0.2, 0) is 9.59 Å². The first kappa shape index (κ1) is 23.9. The maximum Gasteiger partial charge on any atom is 0.345 e. The molecular formula is C25H29N3O5S. The van der Waals surface area contributed by atoms with E-state index in [1.54, 1.807) is 17.5 Å². The lowest BCUT2D eigenvalue weighted by Crippen LogP contribution is -2.34. The minimum Gasteiger partial charge on any atom is -0.490 e. The number of hydrogen-bond donors (Lipinski definition) is 2. The van der Waals surface area contributed by atoms with E-state index in [-0.39, 0.29) is 30.7 Å². The summed E-state index contributed by atoms with van der Waals surface area (Å²) in [6.45, 7) is 2.32. The van der Waals surface area contributed by atoms with Gasteiger partial charge < -0.3 is 19.8 Å². The van der Waals surface area contributed by atoms with Gasteiger partial charge in [-0.15, -0.1) is 11.3 Å². The lowest BCUT2D eigenvalue weighted by Gasteiger charge is -2.15. The zero-order chi connectivity index (χ0) is 23.9. The van der Waals surface area contributed by atoms with Crippen LogP contribution in [0.15, 0.2) is 38.9 Å². The summed E-state index contributed by atoms with van der Waals surface area (Å²) in [5, 5.41) is 8.55. The Bertz CT molecular complexity index is 1210. The van der Waals surface area contributed by atoms with Crippen molar-refractivity contribution in [1.29, 1.82) is 0 Å². The fraction of sp³-hybridized carbons (Fsp3) is 0.440. The first-order valence-corrected chi connectivity index (χ1v) is 12.7. The Labute approximate surface area is 201 Å². The van der Waals surface area contributed by atoms with E-state index < -0.39 is 5.63 Å². The van der Waals surface area contributed by atoms with Crippen LogP contribution in [0.25, 0.3) is 22.2 Å². The van der Waals surface area contributed by atoms with E-state index in [9.17, 15) is 14.4 Å². The van der Waals surface area contributed by atoms with Crippen LogP contribution in [0.5, 0.6) is 5.75 Å². The molecule has 0 atom stereocenters. The molecule has 0 unspecified atom stereocenters. The van der Waals surface area contributed by atoms with Crippen LogP contribution in [0.3, 0.4) is 0 Å². The molecule has 1 aliphatic carbocycles. The summed E-state index contributed by atoms with van der Waals surface area (Å²) < 4.78 is 11.0. The number of carbonyl (C=O) groups is 2. The SMILES string of the molecule is CCOc1cccc2cc(-c3csc(NC(=O)CCC(=O)NC4CCCCCC4)n3)c(=O)oc12. The Morgan fingerprint density at radius 2 is 1.91 bits per heavy atom. The van der Waals surface area contributed by atoms with E-state index >= 15 is 0 Å². The molecule has 34 heavy (non-hydrogen) atoms. The van der Waals surface area contributed by atoms with Crippen molar-refractivity contribution < 1.29 is 18.7 Å². The summed E-state index contributed by atoms with van der Waals surface area (Å²) in [6.07, 6.45) is 6.95. The molecule has 0 radical (unpaired) electrons. The predicted molar refractivity (Wildman–Crippen MR) is 132 cm³/mol. The van der Waals surface area contributed by atoms with Gasteiger partial charge >= 0.3 is 5.63 Å². The third-order valence-electron chi connectivity index (χ3n) is 5.85. The Balaban J connectivity index is 1.36. The van der Waals surface area contributed by atoms with Gasteiger partial charge in [0.25, 0.3) is 0 Å². The molecule has 0 saturated heterocycles. The van der Waals surface area contributed by atoms with Crippen molar-refractivity contribution in [3.8, 4) is 17.0 Å². The summed E-state index contributed by atoms with van der Waals surface area (Å²) in [5.41, 5.74) is 0.589. The van der Waals surface area contributed by atoms with Crippen molar-refractivity contribution in [1.82, 2.24) is 10.3 Å². The quantitative estimate of drug-likeness (QED) is 0.349. The average Bonchev–Trinajstić information content (AvgIpc) is 3.12. The lowest BCUT2D eigenvalue weighted by atomic mass is 10.1. The molecule has 0 bridgehead atoms. The molecule has 1 aromatic carbocycles. The van der Waals surface area contributed by atoms with Crippen molar-refractivity contribution >= 4 is 39.3 Å². The number of carbonyl (C=O) groups excluding carboxylic acids is 2. The zero-order valence-corrected chi connectivity index (χ0v) is 20.0. The summed E-state index contributed by atoms with van der Waals surface area (Å²) in [7, 11) is 0. The van der Waals surface area contributed by atoms with Gasteiger partial charge in [-0.25, -0.2) is 9.78 Å². The normalized spacial score (nSPS) is 14.5. The van der Waals surface area contributed by atoms with Crippen LogP contribution in [0.4, 0.5) is 5.13 Å². The second-order valence-corrected chi connectivity index (χ2v) is 9.26. The summed E-state index contributed by atoms with van der Waals surface area (Å²) in [4.78, 5) is 41.5. The summed E-state index contributed by atoms with van der Waals surface area (Å²) >= 11 is 1.21. The number of nitrogens with one attached hydrogen (secondary N) is 2. The first-order chi connectivity index (χ1) is 16.5. The molecular weight excluding hydrogens is 454 g/mol. The van der Waals surface area contributed by atoms with Gasteiger partial charge in [-0.2, -0.15) is 0 Å². The number of anilines is 1. The number of para-hydroxylation sites is 1. The van der Waals surface area contributed by atoms with Gasteiger partial charge in [0.1, 0.15) is 0 Å². The second kappa shape index (κ2) is 11.3. The number of ether oxygens (including phenoxy) is 1. The van der Waals surface area contributed by atoms with Gasteiger partial charge in [0.2, 0.25) is 11.8 Å². The number of hydrogen-bond acceptors (Lipinski definition) is 7. The molecule has 0 spiro atoms. The van der Waals surface area contributed by atoms with Crippen molar-refractivity contribution in [3.63, 3.8) is 0 Å². The van der Waals surface area contributed by atoms with Crippen LogP contribution < -0.4 is 21.0 Å². The number of aromatic nitrogens is 1. The molecule has 1 aliphatic rings. The number of thiazole rings is 1. The monoisotopic (exact) mass is 483 g/mol. The molecule has 9 heteroatoms. The Morgan fingerprint density at radius 3 is 2.68 bits per heavy atom. The Hall–Kier alpha value is -3.20. The van der Waals surface area contributed by atoms with E-state index in [1.807, 2.05) is 19.1 Å². The summed E-state index contributed by atoms with van der Waals surface area (Å²) in [5.74, 6) is 0.129. The third kappa shape index (κ3) is 6.02. The second-order valence-electron chi connectivity index (χ2n) is 8.40. The molecule has 180 valence electrons. The number of nitrogens with zero attached hydrogens (tertiary/aromatic N) is 1. The van der Waals surface area contributed by atoms with Crippen LogP contribution in [0, 0.1) is 0 Å². The van der Waals surface area contributed by atoms with Gasteiger partial charge in [0.05, 0.1) is 17.9 Å². The largest absolute Gasteiger partial charge is 0.490 e. The van der Waals surface area contributed by atoms with E-state index in [0.717, 1.165) is 31.1 Å². The molecule has 4 rings (SSSR count). The first-order valence-electron chi connectivity index (χ1n) is 11.8. The van der Waals surface area contributed by atoms with E-state index in [4.69, 9.17) is 9.15 Å². The maximum atomic E-state index is 12.6. The highest BCUT2D eigenvalue weighted by Crippen LogP contribution is 2.29. The van der Waals surface area contributed by atoms with Crippen molar-refractivity contribution in [3.05, 3.63) is 40.1 Å². The molecule has 1 fully saturated rings. The topological polar surface area (TPSA) is 111 Å². The average molecular weight is 484 g/mol. The molecule has 2 amide bonds. The van der Waals surface area contributed by atoms with E-state index in [1.165, 1.54) is 24.2 Å². The molecule has 2 heterocycles. The molecule has 2 aromatic heterocycles. The van der Waals surface area contributed by atoms with Gasteiger partial charge in [-0.1, -0.05) is 37.8 Å². The van der Waals surface area contributed by atoms with Gasteiger partial charge in [-0.05, 0) is 31.9 Å². The molecule has 3 aromatic rings. The van der Waals surface area contributed by atoms with Gasteiger partial charge in [-0.3, -0.25) is 9.59 Å². The van der Waals surface area contributed by atoms with Crippen LogP contribution in [0.1, 0.15) is 58.3 Å². The highest BCUT2D eigenvalue weighted by molar-refractivity contribution is 7.14. The number of rotatable bonds is 8. The standard InChI is InChI=1S/C25H29N3O5S/c1-2-32-20-11-7-8-16-14-18(24(31)33-23(16)20)19-15-34-25(27-19)28-22(30)13-12-21(29)26-17-9-5-3-4-6-10-17/h7-8,11,14-15,17H,2-6,9-10,12-13H2,1H3,(H,26,29)(H,27,28,30). The van der Waals surface area contributed by atoms with Crippen LogP contribution >= 0.6 is 11.3 Å².